The first-order chi connectivity index (χ1) is 14.2. The van der Waals surface area contributed by atoms with E-state index in [0.29, 0.717) is 12.3 Å². The molecule has 1 saturated heterocycles. The Bertz CT molecular complexity index is 768. The van der Waals surface area contributed by atoms with E-state index in [1.807, 2.05) is 41.3 Å². The van der Waals surface area contributed by atoms with Crippen LogP contribution in [0.4, 0.5) is 0 Å². The predicted molar refractivity (Wildman–Crippen MR) is 117 cm³/mol. The average molecular weight is 433 g/mol. The number of nitrogens with one attached hydrogen (secondary N) is 2. The zero-order chi connectivity index (χ0) is 20.3. The van der Waals surface area contributed by atoms with Crippen LogP contribution in [0.25, 0.3) is 0 Å². The molecule has 7 nitrogen and oxygen atoms in total. The van der Waals surface area contributed by atoms with Crippen LogP contribution in [0, 0.1) is 0 Å². The molecular weight excluding hydrogens is 404 g/mol. The Labute approximate surface area is 183 Å². The van der Waals surface area contributed by atoms with Crippen LogP contribution in [-0.2, 0) is 16.1 Å². The molecule has 2 N–H and O–H groups in total. The van der Waals surface area contributed by atoms with Gasteiger partial charge in [0, 0.05) is 12.2 Å². The van der Waals surface area contributed by atoms with Crippen molar-refractivity contribution in [3.8, 4) is 5.75 Å². The summed E-state index contributed by atoms with van der Waals surface area (Å²) in [7, 11) is 0. The fourth-order valence-corrected chi connectivity index (χ4v) is 3.39. The van der Waals surface area contributed by atoms with Gasteiger partial charge in [-0.05, 0) is 56.6 Å². The maximum atomic E-state index is 13.0. The Balaban J connectivity index is 0.00000320. The molecule has 2 aromatic rings. The third-order valence-corrected chi connectivity index (χ3v) is 4.91. The van der Waals surface area contributed by atoms with E-state index in [1.165, 1.54) is 0 Å². The number of benzene rings is 1. The summed E-state index contributed by atoms with van der Waals surface area (Å²) in [4.78, 5) is 31.3. The lowest BCUT2D eigenvalue weighted by Gasteiger charge is -2.31. The highest BCUT2D eigenvalue weighted by Gasteiger charge is 2.25. The van der Waals surface area contributed by atoms with Gasteiger partial charge >= 0.3 is 0 Å². The normalized spacial score (nSPS) is 15.9. The smallest absolute Gasteiger partial charge is 0.258 e. The van der Waals surface area contributed by atoms with Crippen molar-refractivity contribution in [1.29, 1.82) is 0 Å². The van der Waals surface area contributed by atoms with Gasteiger partial charge in [-0.2, -0.15) is 0 Å². The lowest BCUT2D eigenvalue weighted by atomic mass is 10.1. The molecule has 1 fully saturated rings. The summed E-state index contributed by atoms with van der Waals surface area (Å²) >= 11 is 0. The molecule has 0 bridgehead atoms. The molecule has 0 spiro atoms. The molecule has 1 aliphatic rings. The molecule has 8 heteroatoms. The van der Waals surface area contributed by atoms with Gasteiger partial charge in [-0.1, -0.05) is 24.3 Å². The topological polar surface area (TPSA) is 83.6 Å². The molecule has 2 amide bonds. The number of aromatic nitrogens is 1. The first kappa shape index (κ1) is 23.6. The van der Waals surface area contributed by atoms with Crippen molar-refractivity contribution in [2.75, 3.05) is 26.2 Å². The van der Waals surface area contributed by atoms with Crippen LogP contribution in [0.15, 0.2) is 54.7 Å². The number of para-hydroxylation sites is 1. The van der Waals surface area contributed by atoms with Crippen LogP contribution in [0.2, 0.25) is 0 Å². The van der Waals surface area contributed by atoms with Crippen molar-refractivity contribution in [1.82, 2.24) is 20.5 Å². The SMILES string of the molecule is Cl.O=C(COc1ccccc1)NCC(=O)N(Cc1ccccn1)C1CCCNCC1. The molecule has 30 heavy (non-hydrogen) atoms. The summed E-state index contributed by atoms with van der Waals surface area (Å²) < 4.78 is 5.43. The van der Waals surface area contributed by atoms with Crippen molar-refractivity contribution >= 4 is 24.2 Å². The Morgan fingerprint density at radius 2 is 1.90 bits per heavy atom. The van der Waals surface area contributed by atoms with E-state index in [4.69, 9.17) is 4.74 Å². The second-order valence-corrected chi connectivity index (χ2v) is 7.06. The van der Waals surface area contributed by atoms with Gasteiger partial charge in [-0.3, -0.25) is 14.6 Å². The Hall–Kier alpha value is -2.64. The van der Waals surface area contributed by atoms with Crippen molar-refractivity contribution in [3.63, 3.8) is 0 Å². The Morgan fingerprint density at radius 3 is 2.67 bits per heavy atom. The molecule has 1 atom stereocenters. The minimum absolute atomic E-state index is 0. The molecule has 3 rings (SSSR count). The molecule has 0 radical (unpaired) electrons. The molecule has 0 saturated carbocycles. The number of nitrogens with zero attached hydrogens (tertiary/aromatic N) is 2. The number of amides is 2. The van der Waals surface area contributed by atoms with Crippen LogP contribution in [0.3, 0.4) is 0 Å². The molecule has 1 aromatic carbocycles. The summed E-state index contributed by atoms with van der Waals surface area (Å²) in [6.45, 7) is 2.13. The van der Waals surface area contributed by atoms with E-state index in [0.717, 1.165) is 38.0 Å². The van der Waals surface area contributed by atoms with Gasteiger partial charge in [-0.25, -0.2) is 0 Å². The molecular formula is C22H29ClN4O3. The second-order valence-electron chi connectivity index (χ2n) is 7.06. The minimum Gasteiger partial charge on any atom is -0.484 e. The summed E-state index contributed by atoms with van der Waals surface area (Å²) in [5.41, 5.74) is 0.844. The number of halogens is 1. The highest BCUT2D eigenvalue weighted by Crippen LogP contribution is 2.16. The Kier molecular flexibility index (Phi) is 10.1. The number of carbonyl (C=O) groups is 2. The molecule has 162 valence electrons. The average Bonchev–Trinajstić information content (AvgIpc) is 3.05. The summed E-state index contributed by atoms with van der Waals surface area (Å²) in [6, 6.07) is 15.0. The summed E-state index contributed by atoms with van der Waals surface area (Å²) in [5, 5.41) is 6.06. The first-order valence-electron chi connectivity index (χ1n) is 10.1. The standard InChI is InChI=1S/C22H28N4O3.ClH/c27-21(17-29-20-9-2-1-3-10-20)25-15-22(28)26(16-18-7-4-5-13-24-18)19-8-6-12-23-14-11-19;/h1-5,7,9-10,13,19,23H,6,8,11-12,14-17H2,(H,25,27);1H. The second kappa shape index (κ2) is 12.8. The van der Waals surface area contributed by atoms with E-state index >= 15 is 0 Å². The lowest BCUT2D eigenvalue weighted by Crippen LogP contribution is -2.46. The third-order valence-electron chi connectivity index (χ3n) is 4.91. The van der Waals surface area contributed by atoms with Gasteiger partial charge in [0.15, 0.2) is 6.61 Å². The van der Waals surface area contributed by atoms with E-state index in [2.05, 4.69) is 15.6 Å². The van der Waals surface area contributed by atoms with Crippen molar-refractivity contribution in [2.24, 2.45) is 0 Å². The van der Waals surface area contributed by atoms with Crippen molar-refractivity contribution in [3.05, 3.63) is 60.4 Å². The number of ether oxygens (including phenoxy) is 1. The van der Waals surface area contributed by atoms with Gasteiger partial charge in [0.1, 0.15) is 5.75 Å². The minimum atomic E-state index is -0.317. The molecule has 1 unspecified atom stereocenters. The maximum absolute atomic E-state index is 13.0. The van der Waals surface area contributed by atoms with Gasteiger partial charge in [0.25, 0.3) is 5.91 Å². The predicted octanol–water partition coefficient (Wildman–Crippen LogP) is 2.17. The van der Waals surface area contributed by atoms with Crippen LogP contribution in [-0.4, -0.2) is 54.0 Å². The van der Waals surface area contributed by atoms with E-state index in [9.17, 15) is 9.59 Å². The fourth-order valence-electron chi connectivity index (χ4n) is 3.39. The number of carbonyl (C=O) groups excluding carboxylic acids is 2. The highest BCUT2D eigenvalue weighted by atomic mass is 35.5. The summed E-state index contributed by atoms with van der Waals surface area (Å²) in [5.74, 6) is 0.204. The molecule has 1 aliphatic heterocycles. The van der Waals surface area contributed by atoms with Gasteiger partial charge in [0.05, 0.1) is 18.8 Å². The highest BCUT2D eigenvalue weighted by molar-refractivity contribution is 5.86. The number of hydrogen-bond acceptors (Lipinski definition) is 5. The number of pyridine rings is 1. The lowest BCUT2D eigenvalue weighted by molar-refractivity contribution is -0.136. The van der Waals surface area contributed by atoms with Crippen LogP contribution in [0.5, 0.6) is 5.75 Å². The zero-order valence-electron chi connectivity index (χ0n) is 17.0. The third kappa shape index (κ3) is 7.65. The van der Waals surface area contributed by atoms with E-state index in [1.54, 1.807) is 18.3 Å². The molecule has 1 aromatic heterocycles. The first-order valence-corrected chi connectivity index (χ1v) is 10.1. The quantitative estimate of drug-likeness (QED) is 0.668. The van der Waals surface area contributed by atoms with Gasteiger partial charge in [-0.15, -0.1) is 12.4 Å². The fraction of sp³-hybridized carbons (Fsp3) is 0.409. The largest absolute Gasteiger partial charge is 0.484 e. The van der Waals surface area contributed by atoms with Crippen molar-refractivity contribution in [2.45, 2.75) is 31.8 Å². The monoisotopic (exact) mass is 432 g/mol. The van der Waals surface area contributed by atoms with E-state index in [-0.39, 0.29) is 43.4 Å². The zero-order valence-corrected chi connectivity index (χ0v) is 17.8. The number of rotatable bonds is 8. The molecule has 0 aliphatic carbocycles. The van der Waals surface area contributed by atoms with Crippen LogP contribution >= 0.6 is 12.4 Å². The molecule has 2 heterocycles. The van der Waals surface area contributed by atoms with Gasteiger partial charge in [0.2, 0.25) is 5.91 Å². The number of hydrogen-bond donors (Lipinski definition) is 2. The van der Waals surface area contributed by atoms with Crippen LogP contribution in [0.1, 0.15) is 25.0 Å². The maximum Gasteiger partial charge on any atom is 0.258 e. The van der Waals surface area contributed by atoms with Crippen LogP contribution < -0.4 is 15.4 Å². The summed E-state index contributed by atoms with van der Waals surface area (Å²) in [6.07, 6.45) is 4.59. The van der Waals surface area contributed by atoms with E-state index < -0.39 is 0 Å². The van der Waals surface area contributed by atoms with Crippen molar-refractivity contribution < 1.29 is 14.3 Å². The Morgan fingerprint density at radius 1 is 1.10 bits per heavy atom. The van der Waals surface area contributed by atoms with Gasteiger partial charge < -0.3 is 20.3 Å².